The highest BCUT2D eigenvalue weighted by molar-refractivity contribution is 7.21. The third-order valence-corrected chi connectivity index (χ3v) is 4.83. The van der Waals surface area contributed by atoms with Gasteiger partial charge in [0, 0.05) is 10.1 Å². The summed E-state index contributed by atoms with van der Waals surface area (Å²) in [6.07, 6.45) is 0. The lowest BCUT2D eigenvalue weighted by Gasteiger charge is -2.04. The Kier molecular flexibility index (Phi) is 4.10. The Morgan fingerprint density at radius 2 is 1.91 bits per heavy atom. The molecule has 0 aliphatic heterocycles. The van der Waals surface area contributed by atoms with Crippen molar-refractivity contribution in [1.82, 2.24) is 0 Å². The van der Waals surface area contributed by atoms with Crippen LogP contribution in [0.5, 0.6) is 0 Å². The number of thiophene rings is 1. The van der Waals surface area contributed by atoms with Crippen molar-refractivity contribution in [3.8, 4) is 6.07 Å². The van der Waals surface area contributed by atoms with E-state index < -0.39 is 5.97 Å². The fourth-order valence-electron chi connectivity index (χ4n) is 2.04. The molecule has 0 atom stereocenters. The van der Waals surface area contributed by atoms with Crippen LogP contribution < -0.4 is 0 Å². The summed E-state index contributed by atoms with van der Waals surface area (Å²) in [5, 5.41) is 10.0. The molecule has 2 aromatic carbocycles. The molecule has 1 heterocycles. The van der Waals surface area contributed by atoms with Crippen molar-refractivity contribution >= 4 is 39.0 Å². The number of hydrogen-bond donors (Lipinski definition) is 0. The van der Waals surface area contributed by atoms with E-state index in [2.05, 4.69) is 0 Å². The van der Waals surface area contributed by atoms with Gasteiger partial charge in [-0.15, -0.1) is 11.3 Å². The van der Waals surface area contributed by atoms with Gasteiger partial charge in [-0.2, -0.15) is 5.26 Å². The summed E-state index contributed by atoms with van der Waals surface area (Å²) >= 11 is 7.57. The molecule has 0 unspecified atom stereocenters. The molecule has 0 aliphatic rings. The number of esters is 1. The topological polar surface area (TPSA) is 50.1 Å². The lowest BCUT2D eigenvalue weighted by molar-refractivity contribution is 0.0479. The van der Waals surface area contributed by atoms with Crippen molar-refractivity contribution in [3.63, 3.8) is 0 Å². The van der Waals surface area contributed by atoms with Crippen LogP contribution >= 0.6 is 22.9 Å². The maximum absolute atomic E-state index is 12.2. The first-order valence-corrected chi connectivity index (χ1v) is 7.71. The van der Waals surface area contributed by atoms with Crippen LogP contribution in [0.25, 0.3) is 10.1 Å². The largest absolute Gasteiger partial charge is 0.457 e. The molecule has 3 nitrogen and oxygen atoms in total. The molecule has 0 aliphatic carbocycles. The van der Waals surface area contributed by atoms with Crippen molar-refractivity contribution in [2.45, 2.75) is 6.61 Å². The number of carbonyl (C=O) groups excluding carboxylic acids is 1. The Morgan fingerprint density at radius 3 is 2.59 bits per heavy atom. The standard InChI is InChI=1S/C17H10ClNO2S/c18-15-13-3-1-2-4-14(13)22-16(15)17(20)21-10-12-7-5-11(9-19)6-8-12/h1-8H,10H2. The van der Waals surface area contributed by atoms with Gasteiger partial charge in [-0.1, -0.05) is 41.9 Å². The van der Waals surface area contributed by atoms with Crippen LogP contribution in [0.15, 0.2) is 48.5 Å². The monoisotopic (exact) mass is 327 g/mol. The quantitative estimate of drug-likeness (QED) is 0.650. The zero-order valence-electron chi connectivity index (χ0n) is 11.4. The maximum Gasteiger partial charge on any atom is 0.350 e. The third-order valence-electron chi connectivity index (χ3n) is 3.17. The Bertz CT molecular complexity index is 878. The van der Waals surface area contributed by atoms with Crippen LogP contribution in [-0.4, -0.2) is 5.97 Å². The molecule has 0 N–H and O–H groups in total. The van der Waals surface area contributed by atoms with Gasteiger partial charge in [-0.3, -0.25) is 0 Å². The number of nitrogens with zero attached hydrogens (tertiary/aromatic N) is 1. The summed E-state index contributed by atoms with van der Waals surface area (Å²) < 4.78 is 6.26. The number of benzene rings is 2. The van der Waals surface area contributed by atoms with Gasteiger partial charge in [0.25, 0.3) is 0 Å². The normalized spacial score (nSPS) is 10.4. The van der Waals surface area contributed by atoms with Crippen molar-refractivity contribution in [2.24, 2.45) is 0 Å². The lowest BCUT2D eigenvalue weighted by Crippen LogP contribution is -2.03. The van der Waals surface area contributed by atoms with Crippen LogP contribution in [0.2, 0.25) is 5.02 Å². The van der Waals surface area contributed by atoms with Crippen molar-refractivity contribution < 1.29 is 9.53 Å². The van der Waals surface area contributed by atoms with Gasteiger partial charge in [-0.05, 0) is 23.8 Å². The van der Waals surface area contributed by atoms with Gasteiger partial charge in [0.15, 0.2) is 0 Å². The van der Waals surface area contributed by atoms with Crippen LogP contribution in [0.3, 0.4) is 0 Å². The van der Waals surface area contributed by atoms with Crippen molar-refractivity contribution in [2.75, 3.05) is 0 Å². The number of halogens is 1. The number of carbonyl (C=O) groups is 1. The molecule has 22 heavy (non-hydrogen) atoms. The van der Waals surface area contributed by atoms with Crippen LogP contribution in [-0.2, 0) is 11.3 Å². The Morgan fingerprint density at radius 1 is 1.18 bits per heavy atom. The van der Waals surface area contributed by atoms with Crippen LogP contribution in [0.4, 0.5) is 0 Å². The number of nitriles is 1. The van der Waals surface area contributed by atoms with Crippen LogP contribution in [0, 0.1) is 11.3 Å². The fourth-order valence-corrected chi connectivity index (χ4v) is 3.44. The average Bonchev–Trinajstić information content (AvgIpc) is 2.90. The molecular weight excluding hydrogens is 318 g/mol. The fraction of sp³-hybridized carbons (Fsp3) is 0.0588. The molecule has 0 radical (unpaired) electrons. The molecule has 3 rings (SSSR count). The summed E-state index contributed by atoms with van der Waals surface area (Å²) in [4.78, 5) is 12.6. The first kappa shape index (κ1) is 14.6. The number of hydrogen-bond acceptors (Lipinski definition) is 4. The number of fused-ring (bicyclic) bond motifs is 1. The molecule has 0 amide bonds. The van der Waals surface area contributed by atoms with Gasteiger partial charge in [0.1, 0.15) is 11.5 Å². The second kappa shape index (κ2) is 6.18. The zero-order valence-corrected chi connectivity index (χ0v) is 12.9. The second-order valence-corrected chi connectivity index (χ2v) is 6.06. The molecule has 1 aromatic heterocycles. The molecule has 5 heteroatoms. The predicted octanol–water partition coefficient (Wildman–Crippen LogP) is 4.78. The molecule has 0 bridgehead atoms. The summed E-state index contributed by atoms with van der Waals surface area (Å²) in [6, 6.07) is 16.5. The van der Waals surface area contributed by atoms with E-state index in [1.54, 1.807) is 24.3 Å². The molecule has 0 fully saturated rings. The molecule has 0 saturated heterocycles. The van der Waals surface area contributed by atoms with Crippen LogP contribution in [0.1, 0.15) is 20.8 Å². The smallest absolute Gasteiger partial charge is 0.350 e. The molecule has 0 saturated carbocycles. The Labute approximate surface area is 136 Å². The van der Waals surface area contributed by atoms with E-state index in [1.807, 2.05) is 30.3 Å². The first-order valence-electron chi connectivity index (χ1n) is 6.52. The highest BCUT2D eigenvalue weighted by atomic mass is 35.5. The predicted molar refractivity (Wildman–Crippen MR) is 87.1 cm³/mol. The SMILES string of the molecule is N#Cc1ccc(COC(=O)c2sc3ccccc3c2Cl)cc1. The summed E-state index contributed by atoms with van der Waals surface area (Å²) in [7, 11) is 0. The number of rotatable bonds is 3. The summed E-state index contributed by atoms with van der Waals surface area (Å²) in [5.41, 5.74) is 1.40. The minimum atomic E-state index is -0.435. The Hall–Kier alpha value is -2.35. The minimum absolute atomic E-state index is 0.148. The van der Waals surface area contributed by atoms with Crippen molar-refractivity contribution in [3.05, 3.63) is 69.6 Å². The highest BCUT2D eigenvalue weighted by Gasteiger charge is 2.18. The van der Waals surface area contributed by atoms with E-state index >= 15 is 0 Å². The van der Waals surface area contributed by atoms with E-state index in [9.17, 15) is 4.79 Å². The van der Waals surface area contributed by atoms with E-state index in [1.165, 1.54) is 11.3 Å². The van der Waals surface area contributed by atoms with E-state index in [0.29, 0.717) is 15.5 Å². The average molecular weight is 328 g/mol. The zero-order chi connectivity index (χ0) is 15.5. The molecule has 3 aromatic rings. The van der Waals surface area contributed by atoms with Gasteiger partial charge >= 0.3 is 5.97 Å². The summed E-state index contributed by atoms with van der Waals surface area (Å²) in [6.45, 7) is 0.148. The second-order valence-electron chi connectivity index (χ2n) is 4.63. The summed E-state index contributed by atoms with van der Waals surface area (Å²) in [5.74, 6) is -0.435. The molecular formula is C17H10ClNO2S. The lowest BCUT2D eigenvalue weighted by atomic mass is 10.2. The van der Waals surface area contributed by atoms with Crippen molar-refractivity contribution in [1.29, 1.82) is 5.26 Å². The van der Waals surface area contributed by atoms with E-state index in [0.717, 1.165) is 15.6 Å². The van der Waals surface area contributed by atoms with Gasteiger partial charge < -0.3 is 4.74 Å². The van der Waals surface area contributed by atoms with E-state index in [4.69, 9.17) is 21.6 Å². The molecule has 0 spiro atoms. The van der Waals surface area contributed by atoms with E-state index in [-0.39, 0.29) is 6.61 Å². The first-order chi connectivity index (χ1) is 10.7. The van der Waals surface area contributed by atoms with Gasteiger partial charge in [0.2, 0.25) is 0 Å². The maximum atomic E-state index is 12.2. The highest BCUT2D eigenvalue weighted by Crippen LogP contribution is 2.35. The third kappa shape index (κ3) is 2.82. The van der Waals surface area contributed by atoms with Gasteiger partial charge in [-0.25, -0.2) is 4.79 Å². The van der Waals surface area contributed by atoms with Gasteiger partial charge in [0.05, 0.1) is 16.7 Å². The molecule has 108 valence electrons. The number of ether oxygens (including phenoxy) is 1. The minimum Gasteiger partial charge on any atom is -0.457 e. The Balaban J connectivity index is 1.75.